The van der Waals surface area contributed by atoms with Crippen LogP contribution in [0.4, 0.5) is 0 Å². The van der Waals surface area contributed by atoms with E-state index in [1.54, 1.807) is 12.1 Å². The summed E-state index contributed by atoms with van der Waals surface area (Å²) >= 11 is 0. The van der Waals surface area contributed by atoms with Crippen molar-refractivity contribution >= 4 is 20.8 Å². The zero-order valence-electron chi connectivity index (χ0n) is 9.96. The number of nitrogens with one attached hydrogen (secondary N) is 1. The van der Waals surface area contributed by atoms with Gasteiger partial charge >= 0.3 is 0 Å². The lowest BCUT2D eigenvalue weighted by molar-refractivity contribution is 0.383. The van der Waals surface area contributed by atoms with Gasteiger partial charge in [-0.05, 0) is 24.3 Å². The molecule has 2 aromatic carbocycles. The first-order valence-corrected chi connectivity index (χ1v) is 7.65. The lowest BCUT2D eigenvalue weighted by Crippen LogP contribution is -2.39. The number of benzene rings is 2. The highest BCUT2D eigenvalue weighted by molar-refractivity contribution is 7.89. The van der Waals surface area contributed by atoms with Crippen LogP contribution in [0.5, 0.6) is 0 Å². The minimum Gasteiger partial charge on any atom is -0.208 e. The summed E-state index contributed by atoms with van der Waals surface area (Å²) in [6.45, 7) is 0. The molecule has 1 aliphatic carbocycles. The molecule has 3 rings (SSSR count). The molecule has 0 atom stereocenters. The number of hydrogen-bond acceptors (Lipinski definition) is 2. The van der Waals surface area contributed by atoms with Crippen molar-refractivity contribution in [2.24, 2.45) is 0 Å². The minimum absolute atomic E-state index is 0.119. The number of rotatable bonds is 3. The van der Waals surface area contributed by atoms with Crippen LogP contribution in [-0.2, 0) is 10.0 Å². The molecule has 0 radical (unpaired) electrons. The van der Waals surface area contributed by atoms with Gasteiger partial charge in [0.05, 0.1) is 4.90 Å². The molecule has 18 heavy (non-hydrogen) atoms. The normalized spacial score (nSPS) is 16.7. The molecule has 0 heterocycles. The highest BCUT2D eigenvalue weighted by atomic mass is 32.2. The Balaban J connectivity index is 2.07. The molecular weight excluding hydrogens is 246 g/mol. The van der Waals surface area contributed by atoms with Crippen molar-refractivity contribution in [2.75, 3.05) is 0 Å². The van der Waals surface area contributed by atoms with Gasteiger partial charge in [0.2, 0.25) is 10.0 Å². The first-order valence-electron chi connectivity index (χ1n) is 6.17. The van der Waals surface area contributed by atoms with Gasteiger partial charge in [-0.2, -0.15) is 0 Å². The highest BCUT2D eigenvalue weighted by Gasteiger charge is 2.25. The Morgan fingerprint density at radius 3 is 2.44 bits per heavy atom. The quantitative estimate of drug-likeness (QED) is 0.923. The van der Waals surface area contributed by atoms with Crippen LogP contribution in [0.1, 0.15) is 19.3 Å². The molecule has 4 heteroatoms. The van der Waals surface area contributed by atoms with Gasteiger partial charge < -0.3 is 0 Å². The Morgan fingerprint density at radius 1 is 1.00 bits per heavy atom. The van der Waals surface area contributed by atoms with E-state index in [0.717, 1.165) is 30.0 Å². The second-order valence-electron chi connectivity index (χ2n) is 4.73. The van der Waals surface area contributed by atoms with Crippen LogP contribution >= 0.6 is 0 Å². The molecule has 0 amide bonds. The maximum atomic E-state index is 12.3. The van der Waals surface area contributed by atoms with Crippen LogP contribution in [0.3, 0.4) is 0 Å². The number of sulfonamides is 1. The van der Waals surface area contributed by atoms with Gasteiger partial charge in [-0.1, -0.05) is 42.8 Å². The fourth-order valence-electron chi connectivity index (χ4n) is 2.24. The monoisotopic (exact) mass is 261 g/mol. The molecule has 1 saturated carbocycles. The van der Waals surface area contributed by atoms with Gasteiger partial charge in [0.25, 0.3) is 0 Å². The number of hydrogen-bond donors (Lipinski definition) is 1. The number of fused-ring (bicyclic) bond motifs is 1. The molecule has 0 aliphatic heterocycles. The summed E-state index contributed by atoms with van der Waals surface area (Å²) in [4.78, 5) is 0.382. The third kappa shape index (κ3) is 2.02. The molecule has 0 aromatic heterocycles. The molecule has 3 nitrogen and oxygen atoms in total. The van der Waals surface area contributed by atoms with E-state index in [9.17, 15) is 8.42 Å². The molecule has 0 unspecified atom stereocenters. The average molecular weight is 261 g/mol. The fraction of sp³-hybridized carbons (Fsp3) is 0.286. The van der Waals surface area contributed by atoms with E-state index in [0.29, 0.717) is 4.90 Å². The first kappa shape index (κ1) is 11.7. The Kier molecular flexibility index (Phi) is 2.84. The van der Waals surface area contributed by atoms with Crippen LogP contribution in [-0.4, -0.2) is 14.5 Å². The topological polar surface area (TPSA) is 46.2 Å². The summed E-state index contributed by atoms with van der Waals surface area (Å²) in [7, 11) is -3.40. The molecule has 1 N–H and O–H groups in total. The molecule has 0 saturated heterocycles. The summed E-state index contributed by atoms with van der Waals surface area (Å²) in [5.74, 6) is 0. The maximum absolute atomic E-state index is 12.3. The molecule has 0 bridgehead atoms. The summed E-state index contributed by atoms with van der Waals surface area (Å²) in [6.07, 6.45) is 3.01. The zero-order valence-corrected chi connectivity index (χ0v) is 10.8. The van der Waals surface area contributed by atoms with Crippen LogP contribution in [0, 0.1) is 0 Å². The van der Waals surface area contributed by atoms with Gasteiger partial charge in [0.1, 0.15) is 0 Å². The van der Waals surface area contributed by atoms with Crippen molar-refractivity contribution in [1.29, 1.82) is 0 Å². The third-order valence-electron chi connectivity index (χ3n) is 3.47. The second-order valence-corrected chi connectivity index (χ2v) is 6.41. The lowest BCUT2D eigenvalue weighted by atomic mass is 9.94. The van der Waals surface area contributed by atoms with E-state index >= 15 is 0 Å². The predicted octanol–water partition coefficient (Wildman–Crippen LogP) is 2.67. The van der Waals surface area contributed by atoms with Crippen LogP contribution in [0.15, 0.2) is 47.4 Å². The Hall–Kier alpha value is -1.39. The standard InChI is InChI=1S/C14H15NO2S/c16-18(17,15-12-7-4-8-12)14-10-3-6-11-5-1-2-9-13(11)14/h1-3,5-6,9-10,12,15H,4,7-8H2. The molecule has 2 aromatic rings. The third-order valence-corrected chi connectivity index (χ3v) is 5.04. The van der Waals surface area contributed by atoms with E-state index in [1.807, 2.05) is 30.3 Å². The summed E-state index contributed by atoms with van der Waals surface area (Å²) < 4.78 is 27.4. The lowest BCUT2D eigenvalue weighted by Gasteiger charge is -2.26. The first-order chi connectivity index (χ1) is 8.67. The fourth-order valence-corrected chi connectivity index (χ4v) is 3.77. The Morgan fingerprint density at radius 2 is 1.72 bits per heavy atom. The van der Waals surface area contributed by atoms with E-state index in [4.69, 9.17) is 0 Å². The summed E-state index contributed by atoms with van der Waals surface area (Å²) in [5, 5.41) is 1.74. The Labute approximate surface area is 107 Å². The molecule has 1 fully saturated rings. The molecule has 0 spiro atoms. The SMILES string of the molecule is O=S(=O)(NC1CCC1)c1cccc2ccccc12. The Bertz CT molecular complexity index is 670. The van der Waals surface area contributed by atoms with Crippen molar-refractivity contribution in [3.63, 3.8) is 0 Å². The average Bonchev–Trinajstić information content (AvgIpc) is 2.33. The van der Waals surface area contributed by atoms with Crippen molar-refractivity contribution in [3.05, 3.63) is 42.5 Å². The van der Waals surface area contributed by atoms with Crippen LogP contribution < -0.4 is 4.72 Å². The summed E-state index contributed by atoms with van der Waals surface area (Å²) in [5.41, 5.74) is 0. The van der Waals surface area contributed by atoms with Gasteiger partial charge in [-0.25, -0.2) is 13.1 Å². The van der Waals surface area contributed by atoms with E-state index in [-0.39, 0.29) is 6.04 Å². The van der Waals surface area contributed by atoms with Crippen molar-refractivity contribution in [3.8, 4) is 0 Å². The van der Waals surface area contributed by atoms with Crippen molar-refractivity contribution in [1.82, 2.24) is 4.72 Å². The minimum atomic E-state index is -3.40. The van der Waals surface area contributed by atoms with Crippen molar-refractivity contribution in [2.45, 2.75) is 30.2 Å². The van der Waals surface area contributed by atoms with Crippen LogP contribution in [0.25, 0.3) is 10.8 Å². The maximum Gasteiger partial charge on any atom is 0.241 e. The van der Waals surface area contributed by atoms with Gasteiger partial charge in [-0.3, -0.25) is 0 Å². The smallest absolute Gasteiger partial charge is 0.208 e. The second kappa shape index (κ2) is 4.37. The van der Waals surface area contributed by atoms with Gasteiger partial charge in [0, 0.05) is 11.4 Å². The molecule has 1 aliphatic rings. The summed E-state index contributed by atoms with van der Waals surface area (Å²) in [6, 6.07) is 13.1. The van der Waals surface area contributed by atoms with E-state index in [2.05, 4.69) is 4.72 Å². The molecular formula is C14H15NO2S. The van der Waals surface area contributed by atoms with Gasteiger partial charge in [0.15, 0.2) is 0 Å². The highest BCUT2D eigenvalue weighted by Crippen LogP contribution is 2.25. The zero-order chi connectivity index (χ0) is 12.6. The van der Waals surface area contributed by atoms with Crippen LogP contribution in [0.2, 0.25) is 0 Å². The van der Waals surface area contributed by atoms with Crippen molar-refractivity contribution < 1.29 is 8.42 Å². The van der Waals surface area contributed by atoms with E-state index < -0.39 is 10.0 Å². The largest absolute Gasteiger partial charge is 0.241 e. The van der Waals surface area contributed by atoms with E-state index in [1.165, 1.54) is 0 Å². The predicted molar refractivity (Wildman–Crippen MR) is 71.9 cm³/mol. The molecule has 94 valence electrons. The van der Waals surface area contributed by atoms with Gasteiger partial charge in [-0.15, -0.1) is 0 Å².